The van der Waals surface area contributed by atoms with Crippen molar-refractivity contribution in [1.29, 1.82) is 0 Å². The van der Waals surface area contributed by atoms with Crippen LogP contribution in [0.5, 0.6) is 0 Å². The van der Waals surface area contributed by atoms with Gasteiger partial charge in [0.15, 0.2) is 0 Å². The fourth-order valence-corrected chi connectivity index (χ4v) is 3.97. The zero-order chi connectivity index (χ0) is 21.4. The number of unbranched alkanes of at least 4 members (excludes halogenated alkanes) is 1. The second kappa shape index (κ2) is 10.4. The average Bonchev–Trinajstić information content (AvgIpc) is 2.98. The summed E-state index contributed by atoms with van der Waals surface area (Å²) in [5.74, 6) is -0.671. The first-order valence-corrected chi connectivity index (χ1v) is 10.3. The Bertz CT molecular complexity index is 737. The molecule has 1 aromatic rings. The van der Waals surface area contributed by atoms with Crippen molar-refractivity contribution in [3.8, 4) is 0 Å². The van der Waals surface area contributed by atoms with Gasteiger partial charge in [-0.15, -0.1) is 0 Å². The van der Waals surface area contributed by atoms with Crippen LogP contribution in [0, 0.1) is 12.3 Å². The van der Waals surface area contributed by atoms with Gasteiger partial charge in [0, 0.05) is 25.4 Å². The molecule has 1 aliphatic rings. The molecule has 160 valence electrons. The Balaban J connectivity index is 1.97. The van der Waals surface area contributed by atoms with Crippen LogP contribution in [0.3, 0.4) is 0 Å². The Morgan fingerprint density at radius 2 is 2.07 bits per heavy atom. The number of nitrogens with zero attached hydrogens (tertiary/aromatic N) is 1. The molecule has 1 aliphatic heterocycles. The van der Waals surface area contributed by atoms with Crippen LogP contribution >= 0.6 is 0 Å². The molecule has 7 heteroatoms. The largest absolute Gasteiger partial charge is 0.356 e. The van der Waals surface area contributed by atoms with Gasteiger partial charge in [0.05, 0.1) is 0 Å². The average molecular weight is 404 g/mol. The molecule has 1 aromatic carbocycles. The highest BCUT2D eigenvalue weighted by Crippen LogP contribution is 2.37. The number of benzene rings is 1. The Hall–Kier alpha value is -2.41. The van der Waals surface area contributed by atoms with Crippen LogP contribution in [-0.2, 0) is 20.8 Å². The first-order valence-electron chi connectivity index (χ1n) is 10.3. The number of aryl methyl sites for hydroxylation is 2. The first-order chi connectivity index (χ1) is 13.8. The first kappa shape index (κ1) is 22.9. The van der Waals surface area contributed by atoms with E-state index in [4.69, 9.17) is 5.21 Å². The Morgan fingerprint density at radius 1 is 1.31 bits per heavy atom. The SMILES string of the molecule is CC(=O)NCCCC[C@H](C(=O)NO)N1CCC(C)(CCc2cccc(C)c2)C1=O. The molecule has 0 saturated carbocycles. The maximum Gasteiger partial charge on any atom is 0.266 e. The second-order valence-corrected chi connectivity index (χ2v) is 8.27. The van der Waals surface area contributed by atoms with E-state index >= 15 is 0 Å². The third-order valence-electron chi connectivity index (χ3n) is 5.80. The maximum atomic E-state index is 13.2. The lowest BCUT2D eigenvalue weighted by molar-refractivity contribution is -0.146. The van der Waals surface area contributed by atoms with Crippen LogP contribution < -0.4 is 10.8 Å². The maximum absolute atomic E-state index is 13.2. The Kier molecular flexibility index (Phi) is 8.20. The van der Waals surface area contributed by atoms with E-state index in [1.165, 1.54) is 18.1 Å². The fraction of sp³-hybridized carbons (Fsp3) is 0.591. The molecule has 0 aromatic heterocycles. The number of carbonyl (C=O) groups excluding carboxylic acids is 3. The minimum absolute atomic E-state index is 0.0272. The number of hydroxylamine groups is 1. The quantitative estimate of drug-likeness (QED) is 0.317. The van der Waals surface area contributed by atoms with E-state index in [9.17, 15) is 14.4 Å². The molecule has 29 heavy (non-hydrogen) atoms. The monoisotopic (exact) mass is 403 g/mol. The summed E-state index contributed by atoms with van der Waals surface area (Å²) >= 11 is 0. The number of hydrogen-bond donors (Lipinski definition) is 3. The molecule has 0 radical (unpaired) electrons. The van der Waals surface area contributed by atoms with Gasteiger partial charge in [-0.2, -0.15) is 0 Å². The molecule has 0 aliphatic carbocycles. The molecule has 3 N–H and O–H groups in total. The predicted octanol–water partition coefficient (Wildman–Crippen LogP) is 2.35. The fourth-order valence-electron chi connectivity index (χ4n) is 3.97. The lowest BCUT2D eigenvalue weighted by atomic mass is 9.82. The Morgan fingerprint density at radius 3 is 2.72 bits per heavy atom. The molecule has 0 bridgehead atoms. The van der Waals surface area contributed by atoms with Crippen LogP contribution in [0.15, 0.2) is 24.3 Å². The third-order valence-corrected chi connectivity index (χ3v) is 5.80. The van der Waals surface area contributed by atoms with Gasteiger partial charge in [-0.05, 0) is 51.0 Å². The number of amides is 3. The third kappa shape index (κ3) is 6.29. The van der Waals surface area contributed by atoms with Crippen molar-refractivity contribution in [3.05, 3.63) is 35.4 Å². The van der Waals surface area contributed by atoms with E-state index in [1.54, 1.807) is 10.4 Å². The predicted molar refractivity (Wildman–Crippen MR) is 110 cm³/mol. The molecule has 1 fully saturated rings. The minimum Gasteiger partial charge on any atom is -0.356 e. The van der Waals surface area contributed by atoms with E-state index in [0.717, 1.165) is 12.8 Å². The van der Waals surface area contributed by atoms with E-state index in [0.29, 0.717) is 38.8 Å². The van der Waals surface area contributed by atoms with E-state index in [-0.39, 0.29) is 11.8 Å². The minimum atomic E-state index is -0.689. The molecular weight excluding hydrogens is 370 g/mol. The Labute approximate surface area is 172 Å². The summed E-state index contributed by atoms with van der Waals surface area (Å²) in [6.45, 7) is 6.52. The van der Waals surface area contributed by atoms with Crippen molar-refractivity contribution in [2.24, 2.45) is 5.41 Å². The van der Waals surface area contributed by atoms with Gasteiger partial charge >= 0.3 is 0 Å². The molecule has 1 heterocycles. The lowest BCUT2D eigenvalue weighted by Gasteiger charge is -2.29. The standard InChI is InChI=1S/C22H33N3O4/c1-16-7-6-8-18(15-16)10-11-22(3)12-14-25(21(22)28)19(20(27)24-29)9-4-5-13-23-17(2)26/h6-8,15,19,29H,4-5,9-14H2,1-3H3,(H,23,26)(H,24,27)/t19-,22?/m1/s1. The van der Waals surface area contributed by atoms with E-state index in [2.05, 4.69) is 30.4 Å². The highest BCUT2D eigenvalue weighted by Gasteiger charge is 2.46. The summed E-state index contributed by atoms with van der Waals surface area (Å²) in [4.78, 5) is 37.9. The van der Waals surface area contributed by atoms with Crippen LogP contribution in [-0.4, -0.2) is 47.0 Å². The van der Waals surface area contributed by atoms with Gasteiger partial charge in [-0.3, -0.25) is 19.6 Å². The van der Waals surface area contributed by atoms with Crippen molar-refractivity contribution in [2.45, 2.75) is 65.3 Å². The van der Waals surface area contributed by atoms with Gasteiger partial charge in [0.1, 0.15) is 6.04 Å². The smallest absolute Gasteiger partial charge is 0.266 e. The number of carbonyl (C=O) groups is 3. The van der Waals surface area contributed by atoms with Crippen molar-refractivity contribution >= 4 is 17.7 Å². The summed E-state index contributed by atoms with van der Waals surface area (Å²) in [6, 6.07) is 7.60. The highest BCUT2D eigenvalue weighted by molar-refractivity contribution is 5.91. The summed E-state index contributed by atoms with van der Waals surface area (Å²) in [5.41, 5.74) is 3.61. The zero-order valence-corrected chi connectivity index (χ0v) is 17.7. The van der Waals surface area contributed by atoms with Crippen molar-refractivity contribution in [1.82, 2.24) is 15.7 Å². The molecule has 1 saturated heterocycles. The summed E-state index contributed by atoms with van der Waals surface area (Å²) in [6.07, 6.45) is 4.06. The lowest BCUT2D eigenvalue weighted by Crippen LogP contribution is -2.48. The van der Waals surface area contributed by atoms with Crippen LogP contribution in [0.25, 0.3) is 0 Å². The summed E-state index contributed by atoms with van der Waals surface area (Å²) in [7, 11) is 0. The zero-order valence-electron chi connectivity index (χ0n) is 17.7. The van der Waals surface area contributed by atoms with Crippen LogP contribution in [0.1, 0.15) is 57.1 Å². The summed E-state index contributed by atoms with van der Waals surface area (Å²) < 4.78 is 0. The van der Waals surface area contributed by atoms with Crippen LogP contribution in [0.4, 0.5) is 0 Å². The number of rotatable bonds is 10. The van der Waals surface area contributed by atoms with Gasteiger partial charge in [0.2, 0.25) is 11.8 Å². The topological polar surface area (TPSA) is 98.7 Å². The molecular formula is C22H33N3O4. The van der Waals surface area contributed by atoms with Gasteiger partial charge in [-0.1, -0.05) is 36.8 Å². The highest BCUT2D eigenvalue weighted by atomic mass is 16.5. The number of hydrogen-bond acceptors (Lipinski definition) is 4. The normalized spacial score (nSPS) is 19.9. The van der Waals surface area contributed by atoms with Gasteiger partial charge < -0.3 is 10.2 Å². The molecule has 0 spiro atoms. The van der Waals surface area contributed by atoms with Crippen molar-refractivity contribution < 1.29 is 19.6 Å². The van der Waals surface area contributed by atoms with E-state index in [1.807, 2.05) is 13.0 Å². The second-order valence-electron chi connectivity index (χ2n) is 8.27. The molecule has 7 nitrogen and oxygen atoms in total. The van der Waals surface area contributed by atoms with Crippen LogP contribution in [0.2, 0.25) is 0 Å². The molecule has 2 atom stereocenters. The van der Waals surface area contributed by atoms with E-state index < -0.39 is 17.4 Å². The van der Waals surface area contributed by atoms with Gasteiger partial charge in [-0.25, -0.2) is 5.48 Å². The van der Waals surface area contributed by atoms with Crippen molar-refractivity contribution in [2.75, 3.05) is 13.1 Å². The summed E-state index contributed by atoms with van der Waals surface area (Å²) in [5, 5.41) is 11.9. The molecule has 1 unspecified atom stereocenters. The molecule has 2 rings (SSSR count). The number of nitrogens with one attached hydrogen (secondary N) is 2. The number of likely N-dealkylation sites (tertiary alicyclic amines) is 1. The van der Waals surface area contributed by atoms with Crippen molar-refractivity contribution in [3.63, 3.8) is 0 Å². The molecule has 3 amide bonds. The van der Waals surface area contributed by atoms with Gasteiger partial charge in [0.25, 0.3) is 5.91 Å².